The Morgan fingerprint density at radius 3 is 2.21 bits per heavy atom. The molecule has 5 heteroatoms. The number of hydrogen-bond acceptors (Lipinski definition) is 3. The number of rotatable bonds is 3. The first-order valence-electron chi connectivity index (χ1n) is 6.39. The summed E-state index contributed by atoms with van der Waals surface area (Å²) in [5.74, 6) is 0. The van der Waals surface area contributed by atoms with E-state index in [0.29, 0.717) is 0 Å². The minimum Gasteiger partial charge on any atom is -0.390 e. The Morgan fingerprint density at radius 2 is 1.84 bits per heavy atom. The highest BCUT2D eigenvalue weighted by atomic mass is 32.2. The van der Waals surface area contributed by atoms with Gasteiger partial charge in [-0.15, -0.1) is 0 Å². The number of aliphatic hydroxyl groups is 1. The van der Waals surface area contributed by atoms with E-state index in [4.69, 9.17) is 0 Å². The van der Waals surface area contributed by atoms with Crippen molar-refractivity contribution in [3.8, 4) is 0 Å². The Bertz CT molecular complexity index is 592. The molecule has 1 aliphatic carbocycles. The van der Waals surface area contributed by atoms with Crippen molar-refractivity contribution in [3.63, 3.8) is 0 Å². The standard InChI is InChI=1S/C14H20O4S/c1-10-5-6-11(19(16,17)18)9-12(10)14(7-4-8-14)13(2,3)15/h5-6,9,15H,4,7-8H2,1-3H3,(H,16,17,18). The van der Waals surface area contributed by atoms with Crippen LogP contribution in [0, 0.1) is 6.92 Å². The van der Waals surface area contributed by atoms with E-state index in [1.807, 2.05) is 6.92 Å². The van der Waals surface area contributed by atoms with E-state index in [1.165, 1.54) is 12.1 Å². The Labute approximate surface area is 114 Å². The highest BCUT2D eigenvalue weighted by Gasteiger charge is 2.50. The Kier molecular flexibility index (Phi) is 3.28. The molecular formula is C14H20O4S. The second-order valence-electron chi connectivity index (χ2n) is 5.95. The van der Waals surface area contributed by atoms with Gasteiger partial charge in [0.25, 0.3) is 10.1 Å². The average molecular weight is 284 g/mol. The first kappa shape index (κ1) is 14.5. The van der Waals surface area contributed by atoms with Gasteiger partial charge in [0.1, 0.15) is 0 Å². The summed E-state index contributed by atoms with van der Waals surface area (Å²) < 4.78 is 31.7. The molecule has 0 radical (unpaired) electrons. The molecule has 0 aromatic heterocycles. The Balaban J connectivity index is 2.62. The quantitative estimate of drug-likeness (QED) is 0.836. The predicted molar refractivity (Wildman–Crippen MR) is 72.8 cm³/mol. The SMILES string of the molecule is Cc1ccc(S(=O)(=O)O)cc1C1(C(C)(C)O)CCC1. The van der Waals surface area contributed by atoms with Gasteiger partial charge in [-0.1, -0.05) is 12.5 Å². The molecule has 2 N–H and O–H groups in total. The molecule has 2 rings (SSSR count). The summed E-state index contributed by atoms with van der Waals surface area (Å²) in [6, 6.07) is 4.58. The summed E-state index contributed by atoms with van der Waals surface area (Å²) in [5, 5.41) is 10.4. The molecule has 19 heavy (non-hydrogen) atoms. The number of benzene rings is 1. The average Bonchev–Trinajstić information content (AvgIpc) is 2.14. The van der Waals surface area contributed by atoms with Gasteiger partial charge in [-0.3, -0.25) is 4.55 Å². The van der Waals surface area contributed by atoms with Crippen LogP contribution in [0.1, 0.15) is 44.2 Å². The van der Waals surface area contributed by atoms with Crippen LogP contribution in [-0.4, -0.2) is 23.7 Å². The van der Waals surface area contributed by atoms with Crippen molar-refractivity contribution in [3.05, 3.63) is 29.3 Å². The van der Waals surface area contributed by atoms with E-state index in [1.54, 1.807) is 19.9 Å². The topological polar surface area (TPSA) is 74.6 Å². The summed E-state index contributed by atoms with van der Waals surface area (Å²) >= 11 is 0. The fourth-order valence-corrected chi connectivity index (χ4v) is 3.52. The molecule has 1 aromatic carbocycles. The van der Waals surface area contributed by atoms with Crippen molar-refractivity contribution >= 4 is 10.1 Å². The third kappa shape index (κ3) is 2.30. The molecule has 0 spiro atoms. The van der Waals surface area contributed by atoms with Gasteiger partial charge in [0.15, 0.2) is 0 Å². The maximum absolute atomic E-state index is 11.3. The van der Waals surface area contributed by atoms with Gasteiger partial charge in [-0.2, -0.15) is 8.42 Å². The summed E-state index contributed by atoms with van der Waals surface area (Å²) in [7, 11) is -4.21. The van der Waals surface area contributed by atoms with Gasteiger partial charge in [-0.25, -0.2) is 0 Å². The zero-order valence-electron chi connectivity index (χ0n) is 11.5. The van der Waals surface area contributed by atoms with Gasteiger partial charge in [0.05, 0.1) is 10.5 Å². The molecule has 1 fully saturated rings. The maximum Gasteiger partial charge on any atom is 0.294 e. The van der Waals surface area contributed by atoms with E-state index in [9.17, 15) is 18.1 Å². The molecule has 0 saturated heterocycles. The molecule has 0 amide bonds. The molecular weight excluding hydrogens is 264 g/mol. The molecule has 106 valence electrons. The predicted octanol–water partition coefficient (Wildman–Crippen LogP) is 2.43. The lowest BCUT2D eigenvalue weighted by Gasteiger charge is -2.51. The molecule has 1 saturated carbocycles. The fourth-order valence-electron chi connectivity index (χ4n) is 3.02. The van der Waals surface area contributed by atoms with Crippen LogP contribution >= 0.6 is 0 Å². The van der Waals surface area contributed by atoms with Crippen LogP contribution < -0.4 is 0 Å². The van der Waals surface area contributed by atoms with Crippen molar-refractivity contribution in [2.75, 3.05) is 0 Å². The van der Waals surface area contributed by atoms with Gasteiger partial charge in [-0.05, 0) is 56.9 Å². The van der Waals surface area contributed by atoms with Gasteiger partial charge < -0.3 is 5.11 Å². The second-order valence-corrected chi connectivity index (χ2v) is 7.37. The largest absolute Gasteiger partial charge is 0.390 e. The molecule has 1 aliphatic rings. The van der Waals surface area contributed by atoms with Crippen molar-refractivity contribution in [1.29, 1.82) is 0 Å². The zero-order chi connectivity index (χ0) is 14.5. The lowest BCUT2D eigenvalue weighted by Crippen LogP contribution is -2.52. The maximum atomic E-state index is 11.3. The summed E-state index contributed by atoms with van der Waals surface area (Å²) in [4.78, 5) is -0.108. The van der Waals surface area contributed by atoms with Crippen LogP contribution in [-0.2, 0) is 15.5 Å². The highest BCUT2D eigenvalue weighted by Crippen LogP contribution is 2.52. The summed E-state index contributed by atoms with van der Waals surface area (Å²) in [5.41, 5.74) is 0.418. The summed E-state index contributed by atoms with van der Waals surface area (Å²) in [6.07, 6.45) is 2.66. The Morgan fingerprint density at radius 1 is 1.26 bits per heavy atom. The number of hydrogen-bond donors (Lipinski definition) is 2. The van der Waals surface area contributed by atoms with E-state index < -0.39 is 21.1 Å². The highest BCUT2D eigenvalue weighted by molar-refractivity contribution is 7.85. The van der Waals surface area contributed by atoms with E-state index in [2.05, 4.69) is 0 Å². The van der Waals surface area contributed by atoms with Crippen molar-refractivity contribution < 1.29 is 18.1 Å². The lowest BCUT2D eigenvalue weighted by atomic mass is 9.55. The van der Waals surface area contributed by atoms with Crippen LogP contribution in [0.15, 0.2) is 23.1 Å². The lowest BCUT2D eigenvalue weighted by molar-refractivity contribution is -0.0481. The molecule has 0 unspecified atom stereocenters. The normalized spacial score (nSPS) is 19.0. The van der Waals surface area contributed by atoms with Crippen LogP contribution in [0.3, 0.4) is 0 Å². The number of aryl methyl sites for hydroxylation is 1. The first-order valence-corrected chi connectivity index (χ1v) is 7.83. The van der Waals surface area contributed by atoms with Crippen molar-refractivity contribution in [1.82, 2.24) is 0 Å². The third-order valence-electron chi connectivity index (χ3n) is 4.40. The molecule has 0 bridgehead atoms. The molecule has 0 heterocycles. The summed E-state index contributed by atoms with van der Waals surface area (Å²) in [6.45, 7) is 5.41. The van der Waals surface area contributed by atoms with Crippen molar-refractivity contribution in [2.24, 2.45) is 0 Å². The van der Waals surface area contributed by atoms with Crippen LogP contribution in [0.25, 0.3) is 0 Å². The van der Waals surface area contributed by atoms with E-state index in [-0.39, 0.29) is 4.90 Å². The minimum absolute atomic E-state index is 0.108. The fraction of sp³-hybridized carbons (Fsp3) is 0.571. The minimum atomic E-state index is -4.21. The van der Waals surface area contributed by atoms with Crippen LogP contribution in [0.5, 0.6) is 0 Å². The zero-order valence-corrected chi connectivity index (χ0v) is 12.3. The van der Waals surface area contributed by atoms with Crippen molar-refractivity contribution in [2.45, 2.75) is 55.9 Å². The smallest absolute Gasteiger partial charge is 0.294 e. The van der Waals surface area contributed by atoms with Gasteiger partial charge >= 0.3 is 0 Å². The van der Waals surface area contributed by atoms with E-state index in [0.717, 1.165) is 30.4 Å². The third-order valence-corrected chi connectivity index (χ3v) is 5.25. The molecule has 4 nitrogen and oxygen atoms in total. The molecule has 0 aliphatic heterocycles. The molecule has 1 aromatic rings. The Hall–Kier alpha value is -0.910. The molecule has 0 atom stereocenters. The van der Waals surface area contributed by atoms with Gasteiger partial charge in [0.2, 0.25) is 0 Å². The van der Waals surface area contributed by atoms with Crippen LogP contribution in [0.2, 0.25) is 0 Å². The van der Waals surface area contributed by atoms with Crippen LogP contribution in [0.4, 0.5) is 0 Å². The monoisotopic (exact) mass is 284 g/mol. The second kappa shape index (κ2) is 4.30. The van der Waals surface area contributed by atoms with E-state index >= 15 is 0 Å². The first-order chi connectivity index (χ1) is 8.58. The van der Waals surface area contributed by atoms with Gasteiger partial charge in [0, 0.05) is 5.41 Å².